The van der Waals surface area contributed by atoms with Gasteiger partial charge in [-0.1, -0.05) is 43.5 Å². The van der Waals surface area contributed by atoms with Crippen molar-refractivity contribution in [2.24, 2.45) is 5.92 Å². The summed E-state index contributed by atoms with van der Waals surface area (Å²) < 4.78 is 2.15. The second-order valence-corrected chi connectivity index (χ2v) is 8.93. The summed E-state index contributed by atoms with van der Waals surface area (Å²) in [7, 11) is 0. The molecular weight excluding hydrogens is 382 g/mol. The molecule has 0 radical (unpaired) electrons. The molecule has 1 aliphatic carbocycles. The molecular formula is C27H29N3O. The van der Waals surface area contributed by atoms with Gasteiger partial charge < -0.3 is 9.88 Å². The van der Waals surface area contributed by atoms with Crippen LogP contribution >= 0.6 is 0 Å². The van der Waals surface area contributed by atoms with Gasteiger partial charge in [-0.2, -0.15) is 0 Å². The van der Waals surface area contributed by atoms with Crippen molar-refractivity contribution >= 4 is 27.6 Å². The highest BCUT2D eigenvalue weighted by atomic mass is 16.1. The Labute approximate surface area is 183 Å². The summed E-state index contributed by atoms with van der Waals surface area (Å²) in [5.74, 6) is 0.650. The molecule has 0 spiro atoms. The first kappa shape index (κ1) is 19.8. The van der Waals surface area contributed by atoms with Crippen LogP contribution in [0, 0.1) is 12.8 Å². The van der Waals surface area contributed by atoms with Crippen LogP contribution in [0.4, 0.5) is 0 Å². The van der Waals surface area contributed by atoms with Gasteiger partial charge in [-0.15, -0.1) is 0 Å². The molecule has 158 valence electrons. The predicted molar refractivity (Wildman–Crippen MR) is 126 cm³/mol. The number of aryl methyl sites for hydroxylation is 1. The molecule has 1 aliphatic rings. The van der Waals surface area contributed by atoms with Gasteiger partial charge in [0.15, 0.2) is 0 Å². The van der Waals surface area contributed by atoms with E-state index in [4.69, 9.17) is 0 Å². The fourth-order valence-electron chi connectivity index (χ4n) is 4.92. The monoisotopic (exact) mass is 411 g/mol. The summed E-state index contributed by atoms with van der Waals surface area (Å²) in [4.78, 5) is 17.8. The number of rotatable bonds is 5. The summed E-state index contributed by atoms with van der Waals surface area (Å²) in [5, 5.41) is 6.65. The van der Waals surface area contributed by atoms with Crippen LogP contribution in [0.1, 0.15) is 53.7 Å². The number of pyridine rings is 1. The van der Waals surface area contributed by atoms with Crippen LogP contribution in [0.5, 0.6) is 0 Å². The van der Waals surface area contributed by atoms with Gasteiger partial charge in [-0.3, -0.25) is 9.78 Å². The molecule has 0 bridgehead atoms. The van der Waals surface area contributed by atoms with Gasteiger partial charge in [0.1, 0.15) is 0 Å². The summed E-state index contributed by atoms with van der Waals surface area (Å²) in [6.45, 7) is 3.47. The van der Waals surface area contributed by atoms with Crippen molar-refractivity contribution in [2.45, 2.75) is 45.6 Å². The maximum absolute atomic E-state index is 13.2. The van der Waals surface area contributed by atoms with Gasteiger partial charge >= 0.3 is 0 Å². The van der Waals surface area contributed by atoms with Crippen molar-refractivity contribution in [3.63, 3.8) is 0 Å². The maximum Gasteiger partial charge on any atom is 0.253 e. The Morgan fingerprint density at radius 1 is 1.03 bits per heavy atom. The number of nitrogens with one attached hydrogen (secondary N) is 1. The van der Waals surface area contributed by atoms with Crippen LogP contribution in [-0.2, 0) is 6.54 Å². The van der Waals surface area contributed by atoms with E-state index in [9.17, 15) is 4.79 Å². The summed E-state index contributed by atoms with van der Waals surface area (Å²) >= 11 is 0. The molecule has 4 heteroatoms. The summed E-state index contributed by atoms with van der Waals surface area (Å²) in [6.07, 6.45) is 10.4. The van der Waals surface area contributed by atoms with E-state index in [1.165, 1.54) is 37.5 Å². The van der Waals surface area contributed by atoms with Gasteiger partial charge in [0.05, 0.1) is 23.3 Å². The zero-order valence-corrected chi connectivity index (χ0v) is 18.1. The smallest absolute Gasteiger partial charge is 0.253 e. The average Bonchev–Trinajstić information content (AvgIpc) is 3.19. The van der Waals surface area contributed by atoms with Crippen molar-refractivity contribution in [3.8, 4) is 0 Å². The fourth-order valence-corrected chi connectivity index (χ4v) is 4.92. The van der Waals surface area contributed by atoms with Crippen molar-refractivity contribution in [3.05, 3.63) is 77.7 Å². The predicted octanol–water partition coefficient (Wildman–Crippen LogP) is 5.86. The van der Waals surface area contributed by atoms with Crippen molar-refractivity contribution < 1.29 is 4.79 Å². The molecule has 2 heterocycles. The van der Waals surface area contributed by atoms with E-state index in [1.54, 1.807) is 0 Å². The number of aromatic nitrogens is 2. The maximum atomic E-state index is 13.2. The second kappa shape index (κ2) is 8.54. The molecule has 1 fully saturated rings. The van der Waals surface area contributed by atoms with E-state index < -0.39 is 0 Å². The number of hydrogen-bond donors (Lipinski definition) is 1. The number of fused-ring (bicyclic) bond motifs is 2. The minimum atomic E-state index is 0.0331. The number of amides is 1. The van der Waals surface area contributed by atoms with E-state index >= 15 is 0 Å². The molecule has 5 rings (SSSR count). The van der Waals surface area contributed by atoms with Crippen LogP contribution in [0.25, 0.3) is 21.7 Å². The lowest BCUT2D eigenvalue weighted by Gasteiger charge is -2.22. The highest BCUT2D eigenvalue weighted by Gasteiger charge is 2.18. The van der Waals surface area contributed by atoms with Gasteiger partial charge in [0.2, 0.25) is 0 Å². The van der Waals surface area contributed by atoms with E-state index in [0.29, 0.717) is 12.5 Å². The lowest BCUT2D eigenvalue weighted by atomic mass is 9.89. The molecule has 1 saturated carbocycles. The molecule has 1 amide bonds. The SMILES string of the molecule is Cc1cc(C(=O)NCC2CCCCC2)c2c(ccn2Cc2cc3ccccc3cn2)c1. The van der Waals surface area contributed by atoms with Gasteiger partial charge in [0.25, 0.3) is 5.91 Å². The Bertz CT molecular complexity index is 1230. The Morgan fingerprint density at radius 2 is 1.84 bits per heavy atom. The Hall–Kier alpha value is -3.14. The quantitative estimate of drug-likeness (QED) is 0.447. The minimum absolute atomic E-state index is 0.0331. The summed E-state index contributed by atoms with van der Waals surface area (Å²) in [6, 6.07) is 16.7. The molecule has 4 nitrogen and oxygen atoms in total. The van der Waals surface area contributed by atoms with Gasteiger partial charge in [-0.25, -0.2) is 0 Å². The van der Waals surface area contributed by atoms with Crippen LogP contribution in [0.15, 0.2) is 60.9 Å². The highest BCUT2D eigenvalue weighted by molar-refractivity contribution is 6.06. The van der Waals surface area contributed by atoms with Gasteiger partial charge in [-0.05, 0) is 60.9 Å². The molecule has 0 aliphatic heterocycles. The number of nitrogens with zero attached hydrogens (tertiary/aromatic N) is 2. The number of carbonyl (C=O) groups excluding carboxylic acids is 1. The molecule has 0 atom stereocenters. The van der Waals surface area contributed by atoms with E-state index in [1.807, 2.05) is 18.3 Å². The number of hydrogen-bond acceptors (Lipinski definition) is 2. The third kappa shape index (κ3) is 4.20. The molecule has 4 aromatic rings. The molecule has 1 N–H and O–H groups in total. The average molecular weight is 412 g/mol. The first-order valence-corrected chi connectivity index (χ1v) is 11.4. The zero-order chi connectivity index (χ0) is 21.2. The van der Waals surface area contributed by atoms with Crippen LogP contribution in [0.3, 0.4) is 0 Å². The molecule has 0 saturated heterocycles. The van der Waals surface area contributed by atoms with Crippen LogP contribution in [0.2, 0.25) is 0 Å². The number of benzene rings is 2. The normalized spacial score (nSPS) is 14.9. The fraction of sp³-hybridized carbons (Fsp3) is 0.333. The lowest BCUT2D eigenvalue weighted by molar-refractivity contribution is 0.0945. The second-order valence-electron chi connectivity index (χ2n) is 8.93. The Balaban J connectivity index is 1.44. The third-order valence-electron chi connectivity index (χ3n) is 6.55. The standard InChI is InChI=1S/C27H29N3O/c1-19-13-22-11-12-30(18-24-15-21-9-5-6-10-23(21)17-28-24)26(22)25(14-19)27(31)29-16-20-7-3-2-4-8-20/h5-6,9-15,17,20H,2-4,7-8,16,18H2,1H3,(H,29,31). The third-order valence-corrected chi connectivity index (χ3v) is 6.55. The molecule has 2 aromatic heterocycles. The van der Waals surface area contributed by atoms with Gasteiger partial charge in [0, 0.05) is 29.7 Å². The molecule has 31 heavy (non-hydrogen) atoms. The first-order valence-electron chi connectivity index (χ1n) is 11.4. The zero-order valence-electron chi connectivity index (χ0n) is 18.1. The Kier molecular flexibility index (Phi) is 5.46. The van der Waals surface area contributed by atoms with E-state index in [-0.39, 0.29) is 5.91 Å². The van der Waals surface area contributed by atoms with E-state index in [0.717, 1.165) is 39.7 Å². The highest BCUT2D eigenvalue weighted by Crippen LogP contribution is 2.26. The van der Waals surface area contributed by atoms with Crippen LogP contribution in [-0.4, -0.2) is 22.0 Å². The van der Waals surface area contributed by atoms with Crippen molar-refractivity contribution in [2.75, 3.05) is 6.54 Å². The van der Waals surface area contributed by atoms with E-state index in [2.05, 4.69) is 64.4 Å². The Morgan fingerprint density at radius 3 is 2.68 bits per heavy atom. The van der Waals surface area contributed by atoms with Crippen LogP contribution < -0.4 is 5.32 Å². The van der Waals surface area contributed by atoms with Crippen molar-refractivity contribution in [1.82, 2.24) is 14.9 Å². The molecule has 0 unspecified atom stereocenters. The van der Waals surface area contributed by atoms with Crippen molar-refractivity contribution in [1.29, 1.82) is 0 Å². The first-order chi connectivity index (χ1) is 15.2. The minimum Gasteiger partial charge on any atom is -0.352 e. The summed E-state index contributed by atoms with van der Waals surface area (Å²) in [5.41, 5.74) is 3.85. The largest absolute Gasteiger partial charge is 0.352 e. The topological polar surface area (TPSA) is 46.9 Å². The molecule has 2 aromatic carbocycles. The lowest BCUT2D eigenvalue weighted by Crippen LogP contribution is -2.30. The number of carbonyl (C=O) groups is 1.